The van der Waals surface area contributed by atoms with Gasteiger partial charge < -0.3 is 5.32 Å². The number of carbonyl (C=O) groups is 1. The van der Waals surface area contributed by atoms with E-state index in [0.717, 1.165) is 12.8 Å². The fraction of sp³-hybridized carbons (Fsp3) is 0.818. The molecular formula is C11H21N3O. The summed E-state index contributed by atoms with van der Waals surface area (Å²) < 4.78 is 0. The van der Waals surface area contributed by atoms with Crippen LogP contribution < -0.4 is 5.32 Å². The molecule has 0 rings (SSSR count). The van der Waals surface area contributed by atoms with Crippen molar-refractivity contribution in [3.63, 3.8) is 0 Å². The van der Waals surface area contributed by atoms with Crippen LogP contribution in [0, 0.1) is 11.3 Å². The highest BCUT2D eigenvalue weighted by Crippen LogP contribution is 1.96. The number of hydrogen-bond donors (Lipinski definition) is 1. The van der Waals surface area contributed by atoms with Gasteiger partial charge in [-0.05, 0) is 27.3 Å². The number of hydrogen-bond acceptors (Lipinski definition) is 3. The second-order valence-electron chi connectivity index (χ2n) is 3.98. The van der Waals surface area contributed by atoms with Crippen LogP contribution in [0.5, 0.6) is 0 Å². The number of rotatable bonds is 6. The zero-order chi connectivity index (χ0) is 11.8. The molecule has 0 aromatic carbocycles. The first-order valence-corrected chi connectivity index (χ1v) is 5.40. The van der Waals surface area contributed by atoms with Crippen LogP contribution in [0.4, 0.5) is 0 Å². The molecule has 0 saturated carbocycles. The summed E-state index contributed by atoms with van der Waals surface area (Å²) in [6, 6.07) is 2.09. The third-order valence-corrected chi connectivity index (χ3v) is 2.37. The normalized spacial score (nSPS) is 14.4. The lowest BCUT2D eigenvalue weighted by molar-refractivity contribution is -0.122. The van der Waals surface area contributed by atoms with Crippen molar-refractivity contribution in [2.75, 3.05) is 13.6 Å². The van der Waals surface area contributed by atoms with Gasteiger partial charge >= 0.3 is 0 Å². The lowest BCUT2D eigenvalue weighted by Crippen LogP contribution is -2.42. The van der Waals surface area contributed by atoms with Crippen molar-refractivity contribution >= 4 is 5.91 Å². The summed E-state index contributed by atoms with van der Waals surface area (Å²) in [7, 11) is 1.78. The SMILES string of the molecule is CCCC(C)NC(=O)CN(C)C(C)C#N. The molecule has 0 aliphatic rings. The molecule has 0 fully saturated rings. The van der Waals surface area contributed by atoms with Gasteiger partial charge in [-0.2, -0.15) is 5.26 Å². The number of likely N-dealkylation sites (N-methyl/N-ethyl adjacent to an activating group) is 1. The lowest BCUT2D eigenvalue weighted by atomic mass is 10.2. The monoisotopic (exact) mass is 211 g/mol. The first kappa shape index (κ1) is 13.9. The smallest absolute Gasteiger partial charge is 0.234 e. The van der Waals surface area contributed by atoms with Crippen molar-refractivity contribution < 1.29 is 4.79 Å². The quantitative estimate of drug-likeness (QED) is 0.716. The molecule has 0 bridgehead atoms. The number of carbonyl (C=O) groups excluding carboxylic acids is 1. The van der Waals surface area contributed by atoms with Crippen molar-refractivity contribution in [2.45, 2.75) is 45.7 Å². The molecule has 2 unspecified atom stereocenters. The lowest BCUT2D eigenvalue weighted by Gasteiger charge is -2.20. The van der Waals surface area contributed by atoms with Crippen molar-refractivity contribution in [1.82, 2.24) is 10.2 Å². The van der Waals surface area contributed by atoms with Gasteiger partial charge in [-0.1, -0.05) is 13.3 Å². The standard InChI is InChI=1S/C11H21N3O/c1-5-6-9(2)13-11(15)8-14(4)10(3)7-12/h9-10H,5-6,8H2,1-4H3,(H,13,15). The zero-order valence-electron chi connectivity index (χ0n) is 10.1. The van der Waals surface area contributed by atoms with E-state index in [0.29, 0.717) is 0 Å². The predicted molar refractivity (Wildman–Crippen MR) is 60.2 cm³/mol. The molecule has 1 N–H and O–H groups in total. The van der Waals surface area contributed by atoms with Gasteiger partial charge in [0, 0.05) is 6.04 Å². The van der Waals surface area contributed by atoms with Crippen LogP contribution in [0.15, 0.2) is 0 Å². The third kappa shape index (κ3) is 6.08. The first-order chi connectivity index (χ1) is 7.01. The minimum Gasteiger partial charge on any atom is -0.353 e. The summed E-state index contributed by atoms with van der Waals surface area (Å²) >= 11 is 0. The van der Waals surface area contributed by atoms with E-state index in [4.69, 9.17) is 5.26 Å². The number of nitrogens with zero attached hydrogens (tertiary/aromatic N) is 2. The van der Waals surface area contributed by atoms with E-state index in [1.54, 1.807) is 18.9 Å². The summed E-state index contributed by atoms with van der Waals surface area (Å²) in [6.07, 6.45) is 2.05. The van der Waals surface area contributed by atoms with Gasteiger partial charge in [0.1, 0.15) is 0 Å². The van der Waals surface area contributed by atoms with E-state index in [1.165, 1.54) is 0 Å². The van der Waals surface area contributed by atoms with Crippen LogP contribution in [0.25, 0.3) is 0 Å². The molecule has 0 spiro atoms. The Morgan fingerprint density at radius 2 is 2.13 bits per heavy atom. The molecule has 0 aliphatic heterocycles. The molecule has 0 radical (unpaired) electrons. The Hall–Kier alpha value is -1.08. The average Bonchev–Trinajstić information content (AvgIpc) is 2.16. The first-order valence-electron chi connectivity index (χ1n) is 5.40. The molecule has 15 heavy (non-hydrogen) atoms. The maximum atomic E-state index is 11.5. The largest absolute Gasteiger partial charge is 0.353 e. The fourth-order valence-corrected chi connectivity index (χ4v) is 1.29. The molecule has 86 valence electrons. The van der Waals surface area contributed by atoms with Gasteiger partial charge in [0.15, 0.2) is 0 Å². The maximum Gasteiger partial charge on any atom is 0.234 e. The van der Waals surface area contributed by atoms with Crippen molar-refractivity contribution in [3.05, 3.63) is 0 Å². The van der Waals surface area contributed by atoms with Crippen molar-refractivity contribution in [3.8, 4) is 6.07 Å². The van der Waals surface area contributed by atoms with E-state index >= 15 is 0 Å². The van der Waals surface area contributed by atoms with Gasteiger partial charge in [-0.15, -0.1) is 0 Å². The summed E-state index contributed by atoms with van der Waals surface area (Å²) in [4.78, 5) is 13.2. The van der Waals surface area contributed by atoms with E-state index < -0.39 is 0 Å². The Labute approximate surface area is 92.3 Å². The number of nitriles is 1. The summed E-state index contributed by atoms with van der Waals surface area (Å²) in [5, 5.41) is 11.6. The zero-order valence-corrected chi connectivity index (χ0v) is 10.1. The minimum atomic E-state index is -0.225. The van der Waals surface area contributed by atoms with Gasteiger partial charge in [0.2, 0.25) is 5.91 Å². The second kappa shape index (κ2) is 7.24. The van der Waals surface area contributed by atoms with Crippen LogP contribution in [0.2, 0.25) is 0 Å². The Morgan fingerprint density at radius 3 is 2.60 bits per heavy atom. The van der Waals surface area contributed by atoms with E-state index in [9.17, 15) is 4.79 Å². The Kier molecular flexibility index (Phi) is 6.72. The summed E-state index contributed by atoms with van der Waals surface area (Å²) in [5.74, 6) is -0.0134. The molecule has 0 heterocycles. The van der Waals surface area contributed by atoms with Gasteiger partial charge in [-0.25, -0.2) is 0 Å². The van der Waals surface area contributed by atoms with Crippen LogP contribution >= 0.6 is 0 Å². The summed E-state index contributed by atoms with van der Waals surface area (Å²) in [6.45, 7) is 6.15. The van der Waals surface area contributed by atoms with Crippen molar-refractivity contribution in [1.29, 1.82) is 5.26 Å². The third-order valence-electron chi connectivity index (χ3n) is 2.37. The molecule has 0 saturated heterocycles. The van der Waals surface area contributed by atoms with E-state index in [-0.39, 0.29) is 24.5 Å². The Bertz CT molecular complexity index is 234. The molecule has 2 atom stereocenters. The molecule has 0 aromatic rings. The highest BCUT2D eigenvalue weighted by atomic mass is 16.2. The number of nitrogens with one attached hydrogen (secondary N) is 1. The van der Waals surface area contributed by atoms with Crippen LogP contribution in [0.3, 0.4) is 0 Å². The van der Waals surface area contributed by atoms with E-state index in [2.05, 4.69) is 18.3 Å². The average molecular weight is 211 g/mol. The molecule has 4 heteroatoms. The Morgan fingerprint density at radius 1 is 1.53 bits per heavy atom. The Balaban J connectivity index is 3.89. The number of amides is 1. The fourth-order valence-electron chi connectivity index (χ4n) is 1.29. The molecule has 0 aromatic heterocycles. The predicted octanol–water partition coefficient (Wildman–Crippen LogP) is 1.14. The highest BCUT2D eigenvalue weighted by molar-refractivity contribution is 5.78. The molecule has 1 amide bonds. The topological polar surface area (TPSA) is 56.1 Å². The van der Waals surface area contributed by atoms with E-state index in [1.807, 2.05) is 6.92 Å². The molecule has 4 nitrogen and oxygen atoms in total. The second-order valence-corrected chi connectivity index (χ2v) is 3.98. The van der Waals surface area contributed by atoms with Gasteiger partial charge in [0.25, 0.3) is 0 Å². The van der Waals surface area contributed by atoms with Gasteiger partial charge in [0.05, 0.1) is 18.7 Å². The molecule has 0 aliphatic carbocycles. The summed E-state index contributed by atoms with van der Waals surface area (Å²) in [5.41, 5.74) is 0. The van der Waals surface area contributed by atoms with Crippen molar-refractivity contribution in [2.24, 2.45) is 0 Å². The molecular weight excluding hydrogens is 190 g/mol. The van der Waals surface area contributed by atoms with Crippen LogP contribution in [0.1, 0.15) is 33.6 Å². The maximum absolute atomic E-state index is 11.5. The van der Waals surface area contributed by atoms with Crippen LogP contribution in [-0.4, -0.2) is 36.5 Å². The highest BCUT2D eigenvalue weighted by Gasteiger charge is 2.13. The minimum absolute atomic E-state index is 0.0134. The van der Waals surface area contributed by atoms with Crippen LogP contribution in [-0.2, 0) is 4.79 Å². The van der Waals surface area contributed by atoms with Gasteiger partial charge in [-0.3, -0.25) is 9.69 Å².